The van der Waals surface area contributed by atoms with E-state index in [0.717, 1.165) is 90.6 Å². The molecule has 0 saturated heterocycles. The molecule has 3 heterocycles. The summed E-state index contributed by atoms with van der Waals surface area (Å²) in [6, 6.07) is 58.7. The largest absolute Gasteiger partial charge is 0.455 e. The Labute approximate surface area is 322 Å². The van der Waals surface area contributed by atoms with Gasteiger partial charge in [0.15, 0.2) is 5.58 Å². The van der Waals surface area contributed by atoms with Crippen LogP contribution in [-0.2, 0) is 0 Å². The summed E-state index contributed by atoms with van der Waals surface area (Å²) in [4.78, 5) is 2.33. The Morgan fingerprint density at radius 2 is 1.16 bits per heavy atom. The van der Waals surface area contributed by atoms with E-state index in [1.165, 1.54) is 32.6 Å². The Kier molecular flexibility index (Phi) is 6.72. The number of hydrogen-bond donors (Lipinski definition) is 0. The van der Waals surface area contributed by atoms with E-state index in [-0.39, 0.29) is 0 Å². The number of nitrogens with zero attached hydrogens (tertiary/aromatic N) is 2. The molecule has 0 N–H and O–H groups in total. The summed E-state index contributed by atoms with van der Waals surface area (Å²) in [6.07, 6.45) is 8.85. The predicted molar refractivity (Wildman–Crippen MR) is 233 cm³/mol. The van der Waals surface area contributed by atoms with Crippen molar-refractivity contribution in [1.29, 1.82) is 0 Å². The molecule has 4 heteroatoms. The summed E-state index contributed by atoms with van der Waals surface area (Å²) in [5.41, 5.74) is 12.3. The van der Waals surface area contributed by atoms with Crippen molar-refractivity contribution in [2.45, 2.75) is 12.8 Å². The zero-order chi connectivity index (χ0) is 36.7. The van der Waals surface area contributed by atoms with Crippen molar-refractivity contribution in [3.05, 3.63) is 188 Å². The Morgan fingerprint density at radius 1 is 0.482 bits per heavy atom. The SMILES string of the molecule is C1=CC(N(c2ccc(-c3cc(-n4c5ccccc5c5cc6ccccc6cc54)cc4c3oc3ccccc34)cc2)c2cccc3c2oc2ccccc23)=CCC1. The number of aromatic nitrogens is 1. The molecule has 11 aromatic rings. The van der Waals surface area contributed by atoms with Gasteiger partial charge in [0.05, 0.1) is 16.7 Å². The maximum Gasteiger partial charge on any atom is 0.159 e. The highest BCUT2D eigenvalue weighted by Crippen LogP contribution is 2.44. The summed E-state index contributed by atoms with van der Waals surface area (Å²) >= 11 is 0. The second kappa shape index (κ2) is 12.1. The monoisotopic (exact) mass is 718 g/mol. The Balaban J connectivity index is 1.07. The van der Waals surface area contributed by atoms with E-state index in [0.29, 0.717) is 0 Å². The highest BCUT2D eigenvalue weighted by Gasteiger charge is 2.22. The lowest BCUT2D eigenvalue weighted by Crippen LogP contribution is -2.16. The maximum atomic E-state index is 6.71. The summed E-state index contributed by atoms with van der Waals surface area (Å²) < 4.78 is 15.7. The van der Waals surface area contributed by atoms with Crippen LogP contribution in [0, 0.1) is 0 Å². The lowest BCUT2D eigenvalue weighted by molar-refractivity contribution is 0.668. The van der Waals surface area contributed by atoms with Crippen molar-refractivity contribution in [3.8, 4) is 16.8 Å². The molecule has 0 saturated carbocycles. The van der Waals surface area contributed by atoms with E-state index in [1.807, 2.05) is 18.2 Å². The average molecular weight is 719 g/mol. The number of hydrogen-bond acceptors (Lipinski definition) is 3. The van der Waals surface area contributed by atoms with E-state index in [9.17, 15) is 0 Å². The molecule has 12 rings (SSSR count). The molecule has 0 fully saturated rings. The minimum absolute atomic E-state index is 0.881. The van der Waals surface area contributed by atoms with Gasteiger partial charge in [-0.3, -0.25) is 0 Å². The fourth-order valence-corrected chi connectivity index (χ4v) is 8.98. The smallest absolute Gasteiger partial charge is 0.159 e. The first-order valence-corrected chi connectivity index (χ1v) is 19.3. The van der Waals surface area contributed by atoms with Crippen LogP contribution in [0.15, 0.2) is 197 Å². The number of rotatable bonds is 5. The van der Waals surface area contributed by atoms with E-state index in [2.05, 4.69) is 173 Å². The first-order chi connectivity index (χ1) is 27.8. The van der Waals surface area contributed by atoms with E-state index in [1.54, 1.807) is 0 Å². The van der Waals surface area contributed by atoms with Gasteiger partial charge in [-0.1, -0.05) is 115 Å². The molecule has 0 bridgehead atoms. The zero-order valence-electron chi connectivity index (χ0n) is 30.4. The number of benzene rings is 8. The number of anilines is 2. The topological polar surface area (TPSA) is 34.5 Å². The minimum Gasteiger partial charge on any atom is -0.455 e. The summed E-state index contributed by atoms with van der Waals surface area (Å²) in [6.45, 7) is 0. The molecular weight excluding hydrogens is 685 g/mol. The predicted octanol–water partition coefficient (Wildman–Crippen LogP) is 14.8. The van der Waals surface area contributed by atoms with Gasteiger partial charge in [-0.25, -0.2) is 0 Å². The maximum absolute atomic E-state index is 6.71. The van der Waals surface area contributed by atoms with E-state index in [4.69, 9.17) is 8.83 Å². The van der Waals surface area contributed by atoms with Crippen LogP contribution in [0.4, 0.5) is 11.4 Å². The van der Waals surface area contributed by atoms with Crippen LogP contribution in [0.2, 0.25) is 0 Å². The fourth-order valence-electron chi connectivity index (χ4n) is 8.98. The van der Waals surface area contributed by atoms with Crippen molar-refractivity contribution in [1.82, 2.24) is 4.57 Å². The summed E-state index contributed by atoms with van der Waals surface area (Å²) in [5, 5.41) is 9.39. The van der Waals surface area contributed by atoms with E-state index >= 15 is 0 Å². The third-order valence-electron chi connectivity index (χ3n) is 11.6. The van der Waals surface area contributed by atoms with Crippen molar-refractivity contribution < 1.29 is 8.83 Å². The molecule has 3 aromatic heterocycles. The summed E-state index contributed by atoms with van der Waals surface area (Å²) in [7, 11) is 0. The van der Waals surface area contributed by atoms with Gasteiger partial charge in [0.25, 0.3) is 0 Å². The zero-order valence-corrected chi connectivity index (χ0v) is 30.4. The van der Waals surface area contributed by atoms with Gasteiger partial charge in [0.1, 0.15) is 16.7 Å². The van der Waals surface area contributed by atoms with Crippen molar-refractivity contribution in [2.24, 2.45) is 0 Å². The molecule has 0 amide bonds. The fraction of sp³-hybridized carbons (Fsp3) is 0.0385. The van der Waals surface area contributed by atoms with Crippen LogP contribution in [0.1, 0.15) is 12.8 Å². The second-order valence-electron chi connectivity index (χ2n) is 14.8. The van der Waals surface area contributed by atoms with Crippen LogP contribution in [-0.4, -0.2) is 4.57 Å². The Hall–Kier alpha value is -7.30. The highest BCUT2D eigenvalue weighted by atomic mass is 16.3. The minimum atomic E-state index is 0.881. The van der Waals surface area contributed by atoms with Crippen LogP contribution < -0.4 is 4.90 Å². The van der Waals surface area contributed by atoms with Crippen LogP contribution in [0.5, 0.6) is 0 Å². The first kappa shape index (κ1) is 31.1. The molecule has 1 aliphatic rings. The molecule has 56 heavy (non-hydrogen) atoms. The molecular formula is C52H34N2O2. The number of furan rings is 2. The third-order valence-corrected chi connectivity index (χ3v) is 11.6. The van der Waals surface area contributed by atoms with E-state index < -0.39 is 0 Å². The number of allylic oxidation sites excluding steroid dienone is 3. The lowest BCUT2D eigenvalue weighted by atomic mass is 10.00. The van der Waals surface area contributed by atoms with Gasteiger partial charge < -0.3 is 18.3 Å². The molecule has 8 aromatic carbocycles. The van der Waals surface area contributed by atoms with Gasteiger partial charge >= 0.3 is 0 Å². The van der Waals surface area contributed by atoms with Gasteiger partial charge in [-0.2, -0.15) is 0 Å². The summed E-state index contributed by atoms with van der Waals surface area (Å²) in [5.74, 6) is 0. The molecule has 0 aliphatic heterocycles. The molecule has 1 aliphatic carbocycles. The molecule has 0 atom stereocenters. The first-order valence-electron chi connectivity index (χ1n) is 19.3. The average Bonchev–Trinajstić information content (AvgIpc) is 3.93. The molecule has 0 radical (unpaired) electrons. The van der Waals surface area contributed by atoms with Crippen molar-refractivity contribution in [3.63, 3.8) is 0 Å². The van der Waals surface area contributed by atoms with Crippen LogP contribution in [0.25, 0.3) is 93.3 Å². The molecule has 0 spiro atoms. The quantitative estimate of drug-likeness (QED) is 0.178. The third kappa shape index (κ3) is 4.66. The molecule has 4 nitrogen and oxygen atoms in total. The standard InChI is InChI=1S/C52H34N2O2/c1-2-15-36(16-3-1)53(47-22-12-20-42-40-18-7-10-23-49(40)56-52(42)47)37-27-25-33(26-28-37)43-31-38(32-45-41-19-8-11-24-50(41)55-51(43)45)54-46-21-9-6-17-39(46)44-29-34-13-4-5-14-35(34)30-48(44)54/h2,4-32H,1,3H2. The normalized spacial score (nSPS) is 13.2. The van der Waals surface area contributed by atoms with Gasteiger partial charge in [-0.05, 0) is 95.9 Å². The van der Waals surface area contributed by atoms with Crippen LogP contribution >= 0.6 is 0 Å². The van der Waals surface area contributed by atoms with Gasteiger partial charge in [-0.15, -0.1) is 0 Å². The lowest BCUT2D eigenvalue weighted by Gasteiger charge is -2.27. The Morgan fingerprint density at radius 3 is 1.95 bits per heavy atom. The number of fused-ring (bicyclic) bond motifs is 10. The second-order valence-corrected chi connectivity index (χ2v) is 14.8. The Bertz CT molecular complexity index is 3430. The van der Waals surface area contributed by atoms with Crippen molar-refractivity contribution in [2.75, 3.05) is 4.90 Å². The van der Waals surface area contributed by atoms with Gasteiger partial charge in [0, 0.05) is 55.0 Å². The molecule has 264 valence electrons. The molecule has 0 unspecified atom stereocenters. The van der Waals surface area contributed by atoms with Gasteiger partial charge in [0.2, 0.25) is 0 Å². The van der Waals surface area contributed by atoms with Crippen LogP contribution in [0.3, 0.4) is 0 Å². The van der Waals surface area contributed by atoms with Crippen molar-refractivity contribution >= 4 is 87.8 Å². The highest BCUT2D eigenvalue weighted by molar-refractivity contribution is 6.15. The number of para-hydroxylation sites is 4.